The van der Waals surface area contributed by atoms with Crippen molar-refractivity contribution >= 4 is 28.8 Å². The van der Waals surface area contributed by atoms with Gasteiger partial charge in [-0.1, -0.05) is 37.3 Å². The van der Waals surface area contributed by atoms with Gasteiger partial charge in [0, 0.05) is 12.0 Å². The average Bonchev–Trinajstić information content (AvgIpc) is 2.05. The van der Waals surface area contributed by atoms with Crippen molar-refractivity contribution < 1.29 is 4.79 Å². The van der Waals surface area contributed by atoms with E-state index in [0.717, 1.165) is 5.56 Å². The van der Waals surface area contributed by atoms with E-state index in [4.69, 9.17) is 0 Å². The van der Waals surface area contributed by atoms with Crippen LogP contribution in [0.2, 0.25) is 0 Å². The Labute approximate surface area is 83.0 Å². The Kier molecular flexibility index (Phi) is 5.16. The van der Waals surface area contributed by atoms with Crippen LogP contribution in [0.25, 0.3) is 0 Å². The number of carbonyl (C=O) groups is 1. The zero-order chi connectivity index (χ0) is 7.40. The fourth-order valence-corrected chi connectivity index (χ4v) is 0.828. The molecule has 0 bridgehead atoms. The van der Waals surface area contributed by atoms with E-state index in [9.17, 15) is 4.79 Å². The predicted octanol–water partition coefficient (Wildman–Crippen LogP) is 1.90. The zero-order valence-electron chi connectivity index (χ0n) is 6.71. The molecule has 0 N–H and O–H groups in total. The molecule has 0 aliphatic carbocycles. The minimum Gasteiger partial charge on any atom is -0.294 e. The Morgan fingerprint density at radius 2 is 1.82 bits per heavy atom. The summed E-state index contributed by atoms with van der Waals surface area (Å²) in [5.41, 5.74) is 0.810. The van der Waals surface area contributed by atoms with Gasteiger partial charge in [-0.25, -0.2) is 0 Å². The molecule has 0 aromatic heterocycles. The summed E-state index contributed by atoms with van der Waals surface area (Å²) < 4.78 is 0. The second kappa shape index (κ2) is 5.33. The maximum absolute atomic E-state index is 11.0. The monoisotopic (exact) mass is 158 g/mol. The van der Waals surface area contributed by atoms with E-state index in [1.807, 2.05) is 37.3 Å². The number of hydrogen-bond donors (Lipinski definition) is 0. The van der Waals surface area contributed by atoms with Crippen molar-refractivity contribution in [1.29, 1.82) is 0 Å². The first kappa shape index (κ1) is 10.7. The van der Waals surface area contributed by atoms with Crippen LogP contribution in [0.15, 0.2) is 30.3 Å². The van der Waals surface area contributed by atoms with E-state index in [-0.39, 0.29) is 28.8 Å². The second-order valence-electron chi connectivity index (χ2n) is 2.14. The summed E-state index contributed by atoms with van der Waals surface area (Å²) in [6, 6.07) is 9.34. The molecule has 1 rings (SSSR count). The maximum atomic E-state index is 11.0. The summed E-state index contributed by atoms with van der Waals surface area (Å²) in [6.45, 7) is 1.87. The number of hydrogen-bond acceptors (Lipinski definition) is 1. The Morgan fingerprint density at radius 1 is 1.27 bits per heavy atom. The van der Waals surface area contributed by atoms with Crippen molar-refractivity contribution in [2.75, 3.05) is 0 Å². The molecule has 0 amide bonds. The van der Waals surface area contributed by atoms with Crippen molar-refractivity contribution in [2.45, 2.75) is 13.3 Å². The van der Waals surface area contributed by atoms with Gasteiger partial charge in [0.2, 0.25) is 0 Å². The van der Waals surface area contributed by atoms with Gasteiger partial charge < -0.3 is 0 Å². The molecule has 0 radical (unpaired) electrons. The Balaban J connectivity index is 0.000001000. The van der Waals surface area contributed by atoms with E-state index < -0.39 is 0 Å². The third-order valence-electron chi connectivity index (χ3n) is 1.42. The van der Waals surface area contributed by atoms with Gasteiger partial charge in [-0.3, -0.25) is 4.79 Å². The molecule has 52 valence electrons. The van der Waals surface area contributed by atoms with Crippen molar-refractivity contribution in [1.82, 2.24) is 0 Å². The molecular formula is C9H10MgO+2. The SMILES string of the molecule is CCC(=O)c1ccccc1.[Mg+2]. The van der Waals surface area contributed by atoms with Gasteiger partial charge in [0.1, 0.15) is 0 Å². The molecule has 0 saturated carbocycles. The molecule has 1 nitrogen and oxygen atoms in total. The summed E-state index contributed by atoms with van der Waals surface area (Å²) in [4.78, 5) is 11.0. The Bertz CT molecular complexity index is 218. The fraction of sp³-hybridized carbons (Fsp3) is 0.222. The average molecular weight is 158 g/mol. The third kappa shape index (κ3) is 3.04. The zero-order valence-corrected chi connectivity index (χ0v) is 8.12. The normalized spacial score (nSPS) is 8.45. The first-order valence-corrected chi connectivity index (χ1v) is 3.43. The largest absolute Gasteiger partial charge is 2.00 e. The number of benzene rings is 1. The van der Waals surface area contributed by atoms with Gasteiger partial charge in [0.05, 0.1) is 0 Å². The van der Waals surface area contributed by atoms with Crippen LogP contribution in [0.1, 0.15) is 23.7 Å². The molecule has 0 spiro atoms. The number of rotatable bonds is 2. The number of carbonyl (C=O) groups excluding carboxylic acids is 1. The van der Waals surface area contributed by atoms with E-state index in [1.54, 1.807) is 0 Å². The molecule has 0 atom stereocenters. The van der Waals surface area contributed by atoms with Crippen molar-refractivity contribution in [3.63, 3.8) is 0 Å². The van der Waals surface area contributed by atoms with E-state index in [2.05, 4.69) is 0 Å². The van der Waals surface area contributed by atoms with Crippen molar-refractivity contribution in [3.05, 3.63) is 35.9 Å². The minimum absolute atomic E-state index is 0. The fourth-order valence-electron chi connectivity index (χ4n) is 0.828. The first-order valence-electron chi connectivity index (χ1n) is 3.43. The minimum atomic E-state index is 0. The molecule has 0 unspecified atom stereocenters. The summed E-state index contributed by atoms with van der Waals surface area (Å²) in [5, 5.41) is 0. The Hall–Kier alpha value is -0.344. The second-order valence-corrected chi connectivity index (χ2v) is 2.14. The van der Waals surface area contributed by atoms with E-state index in [0.29, 0.717) is 6.42 Å². The van der Waals surface area contributed by atoms with E-state index >= 15 is 0 Å². The summed E-state index contributed by atoms with van der Waals surface area (Å²) >= 11 is 0. The molecule has 1 aromatic carbocycles. The van der Waals surface area contributed by atoms with Gasteiger partial charge in [-0.05, 0) is 0 Å². The number of Topliss-reactive ketones (excluding diaryl/α,β-unsaturated/α-hetero) is 1. The van der Waals surface area contributed by atoms with Crippen LogP contribution in [0.5, 0.6) is 0 Å². The van der Waals surface area contributed by atoms with Crippen LogP contribution in [0.4, 0.5) is 0 Å². The topological polar surface area (TPSA) is 17.1 Å². The van der Waals surface area contributed by atoms with Crippen LogP contribution in [-0.2, 0) is 0 Å². The van der Waals surface area contributed by atoms with Gasteiger partial charge >= 0.3 is 23.1 Å². The Morgan fingerprint density at radius 3 is 2.27 bits per heavy atom. The molecule has 0 aliphatic rings. The standard InChI is InChI=1S/C9H10O.Mg/c1-2-9(10)8-6-4-3-5-7-8;/h3-7H,2H2,1H3;/q;+2. The van der Waals surface area contributed by atoms with Gasteiger partial charge in [-0.15, -0.1) is 0 Å². The van der Waals surface area contributed by atoms with Crippen LogP contribution >= 0.6 is 0 Å². The molecule has 0 saturated heterocycles. The third-order valence-corrected chi connectivity index (χ3v) is 1.42. The first-order chi connectivity index (χ1) is 4.84. The van der Waals surface area contributed by atoms with Gasteiger partial charge in [0.15, 0.2) is 5.78 Å². The molecule has 0 aliphatic heterocycles. The summed E-state index contributed by atoms with van der Waals surface area (Å²) in [6.07, 6.45) is 0.587. The van der Waals surface area contributed by atoms with Crippen molar-refractivity contribution in [2.24, 2.45) is 0 Å². The molecule has 0 fully saturated rings. The van der Waals surface area contributed by atoms with E-state index in [1.165, 1.54) is 0 Å². The quantitative estimate of drug-likeness (QED) is 0.475. The molecule has 0 heterocycles. The predicted molar refractivity (Wildman–Crippen MR) is 46.8 cm³/mol. The van der Waals surface area contributed by atoms with Crippen molar-refractivity contribution in [3.8, 4) is 0 Å². The molecular weight excluding hydrogens is 148 g/mol. The van der Waals surface area contributed by atoms with Crippen LogP contribution < -0.4 is 0 Å². The van der Waals surface area contributed by atoms with Crippen LogP contribution in [-0.4, -0.2) is 28.8 Å². The number of ketones is 1. The maximum Gasteiger partial charge on any atom is 2.00 e. The molecule has 1 aromatic rings. The summed E-state index contributed by atoms with van der Waals surface area (Å²) in [7, 11) is 0. The smallest absolute Gasteiger partial charge is 0.294 e. The van der Waals surface area contributed by atoms with Gasteiger partial charge in [-0.2, -0.15) is 0 Å². The summed E-state index contributed by atoms with van der Waals surface area (Å²) in [5.74, 6) is 0.209. The molecule has 11 heavy (non-hydrogen) atoms. The van der Waals surface area contributed by atoms with Crippen LogP contribution in [0.3, 0.4) is 0 Å². The molecule has 2 heteroatoms. The van der Waals surface area contributed by atoms with Gasteiger partial charge in [0.25, 0.3) is 0 Å². The van der Waals surface area contributed by atoms with Crippen LogP contribution in [0, 0.1) is 0 Å².